The summed E-state index contributed by atoms with van der Waals surface area (Å²) in [5.74, 6) is -2.41. The second-order valence-corrected chi connectivity index (χ2v) is 5.11. The summed E-state index contributed by atoms with van der Waals surface area (Å²) < 4.78 is 42.7. The Balaban J connectivity index is 2.74. The van der Waals surface area contributed by atoms with Crippen molar-refractivity contribution in [2.24, 2.45) is 0 Å². The number of halogens is 1. The molecule has 2 N–H and O–H groups in total. The molecule has 0 unspecified atom stereocenters. The summed E-state index contributed by atoms with van der Waals surface area (Å²) in [7, 11) is -3.07. The lowest BCUT2D eigenvalue weighted by molar-refractivity contribution is -0.136. The smallest absolute Gasteiger partial charge is 0.359 e. The summed E-state index contributed by atoms with van der Waals surface area (Å²) in [5.41, 5.74) is -0.757. The summed E-state index contributed by atoms with van der Waals surface area (Å²) in [6.45, 7) is 0. The molecule has 1 aromatic rings. The summed E-state index contributed by atoms with van der Waals surface area (Å²) in [4.78, 5) is 10.9. The van der Waals surface area contributed by atoms with Crippen LogP contribution in [-0.4, -0.2) is 26.6 Å². The minimum Gasteiger partial charge on any atom is -0.505 e. The minimum absolute atomic E-state index is 0.157. The number of methoxy groups -OCH3 is 1. The molecule has 0 atom stereocenters. The van der Waals surface area contributed by atoms with E-state index in [1.54, 1.807) is 0 Å². The van der Waals surface area contributed by atoms with Crippen molar-refractivity contribution in [1.29, 1.82) is 0 Å². The highest BCUT2D eigenvalue weighted by Crippen LogP contribution is 2.29. The first-order valence-electron chi connectivity index (χ1n) is 4.71. The summed E-state index contributed by atoms with van der Waals surface area (Å²) >= 11 is 0. The Bertz CT molecular complexity index is 665. The van der Waals surface area contributed by atoms with E-state index in [2.05, 4.69) is 4.74 Å². The van der Waals surface area contributed by atoms with E-state index in [1.807, 2.05) is 4.72 Å². The van der Waals surface area contributed by atoms with Crippen LogP contribution in [-0.2, 0) is 19.6 Å². The Labute approximate surface area is 102 Å². The molecule has 0 amide bonds. The van der Waals surface area contributed by atoms with Gasteiger partial charge in [0.15, 0.2) is 11.5 Å². The molecule has 1 aromatic carbocycles. The number of sulfonamides is 1. The van der Waals surface area contributed by atoms with Gasteiger partial charge >= 0.3 is 5.97 Å². The first kappa shape index (κ1) is 12.4. The lowest BCUT2D eigenvalue weighted by Crippen LogP contribution is -2.33. The molecule has 96 valence electrons. The van der Waals surface area contributed by atoms with Gasteiger partial charge in [0.25, 0.3) is 10.0 Å². The van der Waals surface area contributed by atoms with Gasteiger partial charge in [0.1, 0.15) is 10.7 Å². The molecule has 1 aliphatic heterocycles. The predicted molar refractivity (Wildman–Crippen MR) is 58.3 cm³/mol. The Morgan fingerprint density at radius 2 is 2.11 bits per heavy atom. The van der Waals surface area contributed by atoms with Gasteiger partial charge in [0.2, 0.25) is 0 Å². The molecule has 2 rings (SSSR count). The predicted octanol–water partition coefficient (Wildman–Crippen LogP) is 0.517. The highest BCUT2D eigenvalue weighted by molar-refractivity contribution is 7.89. The zero-order valence-electron chi connectivity index (χ0n) is 9.10. The number of fused-ring (bicyclic) bond motifs is 1. The minimum atomic E-state index is -4.11. The number of esters is 1. The first-order valence-corrected chi connectivity index (χ1v) is 6.19. The normalized spacial score (nSPS) is 16.8. The van der Waals surface area contributed by atoms with Crippen LogP contribution in [0.5, 0.6) is 0 Å². The van der Waals surface area contributed by atoms with Crippen molar-refractivity contribution in [3.8, 4) is 0 Å². The SMILES string of the molecule is COC(=O)C1=C(O)c2ccc(F)cc2S(=O)(=O)N1. The van der Waals surface area contributed by atoms with E-state index in [0.29, 0.717) is 0 Å². The van der Waals surface area contributed by atoms with E-state index in [0.717, 1.165) is 25.3 Å². The number of rotatable bonds is 1. The number of aliphatic hydroxyl groups is 1. The van der Waals surface area contributed by atoms with Crippen LogP contribution in [0, 0.1) is 5.82 Å². The number of ether oxygens (including phenoxy) is 1. The van der Waals surface area contributed by atoms with Gasteiger partial charge in [-0.15, -0.1) is 0 Å². The lowest BCUT2D eigenvalue weighted by Gasteiger charge is -2.19. The molecule has 1 aliphatic rings. The van der Waals surface area contributed by atoms with Crippen molar-refractivity contribution in [2.45, 2.75) is 4.90 Å². The van der Waals surface area contributed by atoms with Gasteiger partial charge in [-0.3, -0.25) is 4.72 Å². The number of carbonyl (C=O) groups excluding carboxylic acids is 1. The molecule has 0 bridgehead atoms. The van der Waals surface area contributed by atoms with Gasteiger partial charge in [0.05, 0.1) is 7.11 Å². The van der Waals surface area contributed by atoms with Gasteiger partial charge < -0.3 is 9.84 Å². The van der Waals surface area contributed by atoms with Crippen molar-refractivity contribution in [3.63, 3.8) is 0 Å². The maximum Gasteiger partial charge on any atom is 0.359 e. The third kappa shape index (κ3) is 1.80. The molecular weight excluding hydrogens is 265 g/mol. The van der Waals surface area contributed by atoms with Crippen LogP contribution in [0.15, 0.2) is 28.8 Å². The average molecular weight is 273 g/mol. The topological polar surface area (TPSA) is 92.7 Å². The molecule has 0 radical (unpaired) electrons. The second-order valence-electron chi connectivity index (χ2n) is 3.46. The van der Waals surface area contributed by atoms with Crippen LogP contribution in [0.1, 0.15) is 5.56 Å². The van der Waals surface area contributed by atoms with Crippen molar-refractivity contribution in [2.75, 3.05) is 7.11 Å². The third-order valence-corrected chi connectivity index (χ3v) is 3.74. The average Bonchev–Trinajstić information content (AvgIpc) is 2.33. The fourth-order valence-electron chi connectivity index (χ4n) is 1.53. The highest BCUT2D eigenvalue weighted by atomic mass is 32.2. The summed E-state index contributed by atoms with van der Waals surface area (Å²) in [5, 5.41) is 9.78. The second kappa shape index (κ2) is 3.98. The third-order valence-electron chi connectivity index (χ3n) is 2.35. The van der Waals surface area contributed by atoms with Gasteiger partial charge in [-0.25, -0.2) is 17.6 Å². The fraction of sp³-hybridized carbons (Fsp3) is 0.100. The molecular formula is C10H8FNO5S. The molecule has 0 fully saturated rings. The zero-order chi connectivity index (χ0) is 13.5. The van der Waals surface area contributed by atoms with E-state index in [-0.39, 0.29) is 5.56 Å². The molecule has 0 aliphatic carbocycles. The Hall–Kier alpha value is -2.09. The van der Waals surface area contributed by atoms with E-state index in [9.17, 15) is 22.7 Å². The largest absolute Gasteiger partial charge is 0.505 e. The first-order chi connectivity index (χ1) is 8.36. The zero-order valence-corrected chi connectivity index (χ0v) is 9.91. The molecule has 6 nitrogen and oxygen atoms in total. The molecule has 8 heteroatoms. The number of nitrogens with one attached hydrogen (secondary N) is 1. The van der Waals surface area contributed by atoms with Crippen molar-refractivity contribution >= 4 is 21.8 Å². The molecule has 0 saturated heterocycles. The molecule has 0 saturated carbocycles. The van der Waals surface area contributed by atoms with Crippen LogP contribution >= 0.6 is 0 Å². The maximum atomic E-state index is 13.0. The van der Waals surface area contributed by atoms with Gasteiger partial charge in [-0.2, -0.15) is 0 Å². The van der Waals surface area contributed by atoms with E-state index < -0.39 is 38.2 Å². The van der Waals surface area contributed by atoms with Crippen LogP contribution in [0.3, 0.4) is 0 Å². The molecule has 1 heterocycles. The monoisotopic (exact) mass is 273 g/mol. The number of benzene rings is 1. The van der Waals surface area contributed by atoms with Crippen LogP contribution < -0.4 is 4.72 Å². The van der Waals surface area contributed by atoms with Crippen molar-refractivity contribution < 1.29 is 27.4 Å². The van der Waals surface area contributed by atoms with E-state index in [1.165, 1.54) is 0 Å². The van der Waals surface area contributed by atoms with Crippen molar-refractivity contribution in [1.82, 2.24) is 4.72 Å². The molecule has 0 aromatic heterocycles. The fourth-order valence-corrected chi connectivity index (χ4v) is 2.81. The Kier molecular flexibility index (Phi) is 2.74. The van der Waals surface area contributed by atoms with Crippen LogP contribution in [0.4, 0.5) is 4.39 Å². The van der Waals surface area contributed by atoms with Crippen LogP contribution in [0.2, 0.25) is 0 Å². The number of hydrogen-bond donors (Lipinski definition) is 2. The highest BCUT2D eigenvalue weighted by Gasteiger charge is 2.33. The number of hydrogen-bond acceptors (Lipinski definition) is 5. The van der Waals surface area contributed by atoms with Gasteiger partial charge in [0, 0.05) is 5.56 Å². The summed E-state index contributed by atoms with van der Waals surface area (Å²) in [6.07, 6.45) is 0. The van der Waals surface area contributed by atoms with E-state index in [4.69, 9.17) is 0 Å². The Morgan fingerprint density at radius 1 is 1.44 bits per heavy atom. The lowest BCUT2D eigenvalue weighted by atomic mass is 10.1. The Morgan fingerprint density at radius 3 is 2.72 bits per heavy atom. The standard InChI is InChI=1S/C10H8FNO5S/c1-17-10(14)8-9(13)6-3-2-5(11)4-7(6)18(15,16)12-8/h2-4,12-13H,1H3. The number of carbonyl (C=O) groups is 1. The van der Waals surface area contributed by atoms with Crippen molar-refractivity contribution in [3.05, 3.63) is 35.3 Å². The molecule has 0 spiro atoms. The van der Waals surface area contributed by atoms with E-state index >= 15 is 0 Å². The van der Waals surface area contributed by atoms with Crippen LogP contribution in [0.25, 0.3) is 5.76 Å². The van der Waals surface area contributed by atoms with Gasteiger partial charge in [-0.05, 0) is 18.2 Å². The number of aliphatic hydroxyl groups excluding tert-OH is 1. The van der Waals surface area contributed by atoms with Gasteiger partial charge in [-0.1, -0.05) is 0 Å². The molecule has 18 heavy (non-hydrogen) atoms. The summed E-state index contributed by atoms with van der Waals surface area (Å²) in [6, 6.07) is 2.80. The quantitative estimate of drug-likeness (QED) is 0.727. The maximum absolute atomic E-state index is 13.0.